The van der Waals surface area contributed by atoms with E-state index in [1.807, 2.05) is 55.5 Å². The molecule has 1 aromatic heterocycles. The third kappa shape index (κ3) is 4.82. The molecule has 1 heterocycles. The molecule has 1 amide bonds. The molecule has 0 aliphatic heterocycles. The van der Waals surface area contributed by atoms with Crippen molar-refractivity contribution in [1.29, 1.82) is 0 Å². The van der Waals surface area contributed by atoms with Crippen LogP contribution in [-0.2, 0) is 6.42 Å². The number of hydrogen-bond donors (Lipinski definition) is 2. The molecule has 0 radical (unpaired) electrons. The number of amides is 1. The van der Waals surface area contributed by atoms with Gasteiger partial charge >= 0.3 is 0 Å². The molecule has 3 rings (SSSR count). The number of methoxy groups -OCH3 is 1. The van der Waals surface area contributed by atoms with Crippen LogP contribution in [0.3, 0.4) is 0 Å². The molecule has 0 saturated heterocycles. The predicted molar refractivity (Wildman–Crippen MR) is 106 cm³/mol. The fourth-order valence-corrected chi connectivity index (χ4v) is 2.68. The number of nitrogens with one attached hydrogen (secondary N) is 2. The van der Waals surface area contributed by atoms with E-state index in [9.17, 15) is 4.79 Å². The number of anilines is 2. The Morgan fingerprint density at radius 3 is 2.52 bits per heavy atom. The van der Waals surface area contributed by atoms with Gasteiger partial charge in [-0.3, -0.25) is 4.79 Å². The van der Waals surface area contributed by atoms with Crippen molar-refractivity contribution in [2.24, 2.45) is 0 Å². The summed E-state index contributed by atoms with van der Waals surface area (Å²) in [6.45, 7) is 2.62. The standard InChI is InChI=1S/C21H22N4O2/c1-15-7-3-5-9-17(15)23-21(26)18-11-12-20(25-24-18)22-14-13-16-8-4-6-10-19(16)27-2/h3-12H,13-14H2,1-2H3,(H,22,25)(H,23,26). The number of aromatic nitrogens is 2. The van der Waals surface area contributed by atoms with Gasteiger partial charge in [0.1, 0.15) is 11.6 Å². The summed E-state index contributed by atoms with van der Waals surface area (Å²) in [6, 6.07) is 18.9. The summed E-state index contributed by atoms with van der Waals surface area (Å²) < 4.78 is 5.35. The van der Waals surface area contributed by atoms with E-state index in [1.165, 1.54) is 0 Å². The van der Waals surface area contributed by atoms with Gasteiger partial charge in [-0.25, -0.2) is 0 Å². The molecule has 0 aliphatic carbocycles. The minimum absolute atomic E-state index is 0.272. The first-order valence-corrected chi connectivity index (χ1v) is 8.74. The average Bonchev–Trinajstić information content (AvgIpc) is 2.70. The fourth-order valence-electron chi connectivity index (χ4n) is 2.68. The molecular weight excluding hydrogens is 340 g/mol. The van der Waals surface area contributed by atoms with E-state index in [4.69, 9.17) is 4.74 Å². The zero-order chi connectivity index (χ0) is 19.1. The molecule has 0 spiro atoms. The van der Waals surface area contributed by atoms with Gasteiger partial charge in [-0.1, -0.05) is 36.4 Å². The number of nitrogens with zero attached hydrogens (tertiary/aromatic N) is 2. The van der Waals surface area contributed by atoms with E-state index in [0.717, 1.165) is 29.0 Å². The summed E-state index contributed by atoms with van der Waals surface area (Å²) in [4.78, 5) is 12.3. The van der Waals surface area contributed by atoms with Crippen LogP contribution >= 0.6 is 0 Å². The van der Waals surface area contributed by atoms with Crippen molar-refractivity contribution < 1.29 is 9.53 Å². The monoisotopic (exact) mass is 362 g/mol. The van der Waals surface area contributed by atoms with Gasteiger partial charge in [-0.15, -0.1) is 10.2 Å². The van der Waals surface area contributed by atoms with Crippen LogP contribution in [0.15, 0.2) is 60.7 Å². The van der Waals surface area contributed by atoms with E-state index in [2.05, 4.69) is 20.8 Å². The minimum atomic E-state index is -0.280. The first-order chi connectivity index (χ1) is 13.2. The smallest absolute Gasteiger partial charge is 0.276 e. The van der Waals surface area contributed by atoms with Crippen molar-refractivity contribution in [3.05, 3.63) is 77.5 Å². The van der Waals surface area contributed by atoms with E-state index in [1.54, 1.807) is 19.2 Å². The van der Waals surface area contributed by atoms with E-state index in [0.29, 0.717) is 12.4 Å². The maximum absolute atomic E-state index is 12.3. The summed E-state index contributed by atoms with van der Waals surface area (Å²) in [5.74, 6) is 1.21. The largest absolute Gasteiger partial charge is 0.496 e. The lowest BCUT2D eigenvalue weighted by molar-refractivity contribution is 0.102. The Hall–Kier alpha value is -3.41. The second-order valence-corrected chi connectivity index (χ2v) is 6.06. The molecule has 138 valence electrons. The van der Waals surface area contributed by atoms with Crippen LogP contribution in [0.2, 0.25) is 0 Å². The zero-order valence-electron chi connectivity index (χ0n) is 15.4. The van der Waals surface area contributed by atoms with Crippen LogP contribution < -0.4 is 15.4 Å². The maximum atomic E-state index is 12.3. The van der Waals surface area contributed by atoms with Crippen molar-refractivity contribution in [3.63, 3.8) is 0 Å². The van der Waals surface area contributed by atoms with Gasteiger partial charge in [-0.2, -0.15) is 0 Å². The Kier molecular flexibility index (Phi) is 5.99. The Morgan fingerprint density at radius 1 is 1.00 bits per heavy atom. The van der Waals surface area contributed by atoms with Crippen LogP contribution in [0.4, 0.5) is 11.5 Å². The van der Waals surface area contributed by atoms with Crippen LogP contribution in [0, 0.1) is 6.92 Å². The second kappa shape index (κ2) is 8.80. The quantitative estimate of drug-likeness (QED) is 0.670. The third-order valence-electron chi connectivity index (χ3n) is 4.18. The lowest BCUT2D eigenvalue weighted by Crippen LogP contribution is -2.16. The number of hydrogen-bond acceptors (Lipinski definition) is 5. The number of rotatable bonds is 7. The molecule has 0 bridgehead atoms. The molecule has 0 saturated carbocycles. The maximum Gasteiger partial charge on any atom is 0.276 e. The first-order valence-electron chi connectivity index (χ1n) is 8.74. The summed E-state index contributed by atoms with van der Waals surface area (Å²) in [5, 5.41) is 14.2. The molecule has 6 heteroatoms. The Balaban J connectivity index is 1.55. The van der Waals surface area contributed by atoms with Gasteiger partial charge in [-0.05, 0) is 48.7 Å². The minimum Gasteiger partial charge on any atom is -0.496 e. The van der Waals surface area contributed by atoms with Gasteiger partial charge in [0.2, 0.25) is 0 Å². The highest BCUT2D eigenvalue weighted by Gasteiger charge is 2.10. The van der Waals surface area contributed by atoms with E-state index >= 15 is 0 Å². The van der Waals surface area contributed by atoms with Crippen molar-refractivity contribution in [1.82, 2.24) is 10.2 Å². The molecule has 2 N–H and O–H groups in total. The average molecular weight is 362 g/mol. The highest BCUT2D eigenvalue weighted by atomic mass is 16.5. The number of carbonyl (C=O) groups is 1. The number of carbonyl (C=O) groups excluding carboxylic acids is 1. The molecule has 27 heavy (non-hydrogen) atoms. The predicted octanol–water partition coefficient (Wildman–Crippen LogP) is 3.70. The molecule has 0 atom stereocenters. The van der Waals surface area contributed by atoms with Gasteiger partial charge in [0, 0.05) is 12.2 Å². The van der Waals surface area contributed by atoms with Gasteiger partial charge in [0.25, 0.3) is 5.91 Å². The van der Waals surface area contributed by atoms with Crippen molar-refractivity contribution in [3.8, 4) is 5.75 Å². The Bertz CT molecular complexity index is 910. The molecular formula is C21H22N4O2. The summed E-state index contributed by atoms with van der Waals surface area (Å²) >= 11 is 0. The summed E-state index contributed by atoms with van der Waals surface area (Å²) in [6.07, 6.45) is 0.793. The molecule has 6 nitrogen and oxygen atoms in total. The van der Waals surface area contributed by atoms with Crippen molar-refractivity contribution in [2.75, 3.05) is 24.3 Å². The van der Waals surface area contributed by atoms with Crippen LogP contribution in [0.25, 0.3) is 0 Å². The summed E-state index contributed by atoms with van der Waals surface area (Å²) in [7, 11) is 1.67. The van der Waals surface area contributed by atoms with Gasteiger partial charge in [0.15, 0.2) is 5.69 Å². The molecule has 0 fully saturated rings. The van der Waals surface area contributed by atoms with E-state index < -0.39 is 0 Å². The van der Waals surface area contributed by atoms with Crippen LogP contribution in [0.1, 0.15) is 21.6 Å². The Labute approximate surface area is 158 Å². The van der Waals surface area contributed by atoms with Crippen LogP contribution in [-0.4, -0.2) is 29.8 Å². The lowest BCUT2D eigenvalue weighted by atomic mass is 10.1. The number of ether oxygens (including phenoxy) is 1. The highest BCUT2D eigenvalue weighted by molar-refractivity contribution is 6.03. The van der Waals surface area contributed by atoms with Crippen molar-refractivity contribution >= 4 is 17.4 Å². The van der Waals surface area contributed by atoms with Crippen LogP contribution in [0.5, 0.6) is 5.75 Å². The number of benzene rings is 2. The normalized spacial score (nSPS) is 10.3. The fraction of sp³-hybridized carbons (Fsp3) is 0.190. The molecule has 2 aromatic carbocycles. The molecule has 3 aromatic rings. The van der Waals surface area contributed by atoms with Gasteiger partial charge in [0.05, 0.1) is 7.11 Å². The zero-order valence-corrected chi connectivity index (χ0v) is 15.4. The second-order valence-electron chi connectivity index (χ2n) is 6.06. The lowest BCUT2D eigenvalue weighted by Gasteiger charge is -2.10. The Morgan fingerprint density at radius 2 is 1.78 bits per heavy atom. The van der Waals surface area contributed by atoms with Crippen molar-refractivity contribution in [2.45, 2.75) is 13.3 Å². The molecule has 0 unspecified atom stereocenters. The molecule has 0 aliphatic rings. The summed E-state index contributed by atoms with van der Waals surface area (Å²) in [5.41, 5.74) is 3.15. The number of para-hydroxylation sites is 2. The van der Waals surface area contributed by atoms with E-state index in [-0.39, 0.29) is 11.6 Å². The SMILES string of the molecule is COc1ccccc1CCNc1ccc(C(=O)Nc2ccccc2C)nn1. The first kappa shape index (κ1) is 18.4. The van der Waals surface area contributed by atoms with Gasteiger partial charge < -0.3 is 15.4 Å². The highest BCUT2D eigenvalue weighted by Crippen LogP contribution is 2.18. The topological polar surface area (TPSA) is 76.1 Å². The third-order valence-corrected chi connectivity index (χ3v) is 4.18. The number of aryl methyl sites for hydroxylation is 1.